The van der Waals surface area contributed by atoms with Gasteiger partial charge in [-0.3, -0.25) is 9.59 Å². The van der Waals surface area contributed by atoms with Crippen molar-refractivity contribution in [3.05, 3.63) is 88.5 Å². The van der Waals surface area contributed by atoms with E-state index in [1.807, 2.05) is 24.3 Å². The fourth-order valence-corrected chi connectivity index (χ4v) is 4.69. The molecule has 34 heavy (non-hydrogen) atoms. The number of hydrogen-bond acceptors (Lipinski definition) is 3. The van der Waals surface area contributed by atoms with E-state index in [9.17, 15) is 9.59 Å². The topological polar surface area (TPSA) is 43.4 Å². The molecule has 180 valence electrons. The van der Waals surface area contributed by atoms with E-state index >= 15 is 0 Å². The van der Waals surface area contributed by atoms with E-state index in [2.05, 4.69) is 57.2 Å². The second-order valence-corrected chi connectivity index (χ2v) is 9.62. The summed E-state index contributed by atoms with van der Waals surface area (Å²) in [5.74, 6) is 2.22. The number of carbonyl (C=O) groups excluding carboxylic acids is 2. The minimum absolute atomic E-state index is 0.257. The van der Waals surface area contributed by atoms with Crippen LogP contribution in [0.4, 0.5) is 0 Å². The van der Waals surface area contributed by atoms with Crippen LogP contribution >= 0.6 is 0 Å². The van der Waals surface area contributed by atoms with Crippen molar-refractivity contribution in [2.75, 3.05) is 7.11 Å². The molecule has 3 rings (SSSR count). The monoisotopic (exact) mass is 458 g/mol. The van der Waals surface area contributed by atoms with Crippen LogP contribution in [0.25, 0.3) is 0 Å². The van der Waals surface area contributed by atoms with Gasteiger partial charge in [-0.25, -0.2) is 0 Å². The van der Waals surface area contributed by atoms with Gasteiger partial charge in [-0.1, -0.05) is 80.5 Å². The minimum Gasteiger partial charge on any atom is -0.497 e. The van der Waals surface area contributed by atoms with Crippen LogP contribution in [0.5, 0.6) is 5.75 Å². The van der Waals surface area contributed by atoms with Crippen molar-refractivity contribution in [2.45, 2.75) is 71.6 Å². The summed E-state index contributed by atoms with van der Waals surface area (Å²) in [6.45, 7) is 6.55. The average molecular weight is 459 g/mol. The zero-order chi connectivity index (χ0) is 24.5. The van der Waals surface area contributed by atoms with Crippen LogP contribution in [0.2, 0.25) is 0 Å². The van der Waals surface area contributed by atoms with Crippen LogP contribution in [0.1, 0.15) is 75.5 Å². The zero-order valence-corrected chi connectivity index (χ0v) is 21.1. The van der Waals surface area contributed by atoms with Crippen LogP contribution < -0.4 is 4.74 Å². The van der Waals surface area contributed by atoms with E-state index in [0.29, 0.717) is 37.5 Å². The molecule has 0 radical (unpaired) electrons. The fourth-order valence-electron chi connectivity index (χ4n) is 4.69. The molecule has 1 aliphatic rings. The molecule has 0 aliphatic heterocycles. The fraction of sp³-hybridized carbons (Fsp3) is 0.419. The van der Waals surface area contributed by atoms with E-state index in [0.717, 1.165) is 36.1 Å². The molecule has 0 N–H and O–H groups in total. The van der Waals surface area contributed by atoms with Crippen LogP contribution in [0.15, 0.2) is 71.8 Å². The predicted molar refractivity (Wildman–Crippen MR) is 139 cm³/mol. The third-order valence-electron chi connectivity index (χ3n) is 6.81. The largest absolute Gasteiger partial charge is 0.497 e. The summed E-state index contributed by atoms with van der Waals surface area (Å²) < 4.78 is 5.18. The van der Waals surface area contributed by atoms with E-state index in [-0.39, 0.29) is 11.6 Å². The molecule has 0 saturated heterocycles. The Bertz CT molecular complexity index is 1020. The van der Waals surface area contributed by atoms with Crippen LogP contribution in [0, 0.1) is 5.92 Å². The first kappa shape index (κ1) is 25.7. The number of ether oxygens (including phenoxy) is 1. The predicted octanol–water partition coefficient (Wildman–Crippen LogP) is 7.20. The highest BCUT2D eigenvalue weighted by atomic mass is 16.5. The Hall–Kier alpha value is -2.94. The third-order valence-corrected chi connectivity index (χ3v) is 6.81. The number of Topliss-reactive ketones (excluding diaryl/α,β-unsaturated/α-hetero) is 2. The van der Waals surface area contributed by atoms with Gasteiger partial charge in [0.05, 0.1) is 7.11 Å². The molecule has 0 saturated carbocycles. The van der Waals surface area contributed by atoms with Gasteiger partial charge < -0.3 is 4.74 Å². The normalized spacial score (nSPS) is 15.3. The van der Waals surface area contributed by atoms with E-state index < -0.39 is 0 Å². The SMILES string of the molecule is CCC1C(CCC(=O)Cc2ccc(OC)cc2)=CC=C1CCC(=O)Cc1ccc(C(C)C)cc1. The van der Waals surface area contributed by atoms with Gasteiger partial charge in [0.15, 0.2) is 0 Å². The molecule has 0 bridgehead atoms. The van der Waals surface area contributed by atoms with Crippen molar-refractivity contribution in [3.63, 3.8) is 0 Å². The first-order valence-electron chi connectivity index (χ1n) is 12.5. The smallest absolute Gasteiger partial charge is 0.137 e. The Morgan fingerprint density at radius 3 is 1.68 bits per heavy atom. The molecular weight excluding hydrogens is 420 g/mol. The maximum absolute atomic E-state index is 12.6. The quantitative estimate of drug-likeness (QED) is 0.319. The lowest BCUT2D eigenvalue weighted by Crippen LogP contribution is -2.09. The molecule has 2 aromatic carbocycles. The van der Waals surface area contributed by atoms with E-state index in [1.54, 1.807) is 7.11 Å². The average Bonchev–Trinajstić information content (AvgIpc) is 3.24. The molecule has 3 nitrogen and oxygen atoms in total. The summed E-state index contributed by atoms with van der Waals surface area (Å²) in [5, 5.41) is 0. The molecule has 1 unspecified atom stereocenters. The van der Waals surface area contributed by atoms with Crippen molar-refractivity contribution in [1.82, 2.24) is 0 Å². The first-order valence-corrected chi connectivity index (χ1v) is 12.5. The van der Waals surface area contributed by atoms with Crippen molar-refractivity contribution < 1.29 is 14.3 Å². The highest BCUT2D eigenvalue weighted by Gasteiger charge is 2.22. The van der Waals surface area contributed by atoms with Crippen LogP contribution in [-0.4, -0.2) is 18.7 Å². The second-order valence-electron chi connectivity index (χ2n) is 9.62. The molecule has 2 aromatic rings. The number of ketones is 2. The number of hydrogen-bond donors (Lipinski definition) is 0. The Morgan fingerprint density at radius 2 is 1.26 bits per heavy atom. The van der Waals surface area contributed by atoms with Crippen molar-refractivity contribution in [1.29, 1.82) is 0 Å². The van der Waals surface area contributed by atoms with Gasteiger partial charge in [0.25, 0.3) is 0 Å². The standard InChI is InChI=1S/C31H38O3/c1-5-31-26(14-16-28(32)20-23-6-10-25(11-7-23)22(2)3)12-13-27(31)15-17-29(33)21-24-8-18-30(34-4)19-9-24/h6-13,18-19,22,31H,5,14-17,20-21H2,1-4H3. The molecule has 0 fully saturated rings. The van der Waals surface area contributed by atoms with Gasteiger partial charge in [0.2, 0.25) is 0 Å². The number of rotatable bonds is 13. The number of carbonyl (C=O) groups is 2. The lowest BCUT2D eigenvalue weighted by Gasteiger charge is -2.18. The van der Waals surface area contributed by atoms with Gasteiger partial charge >= 0.3 is 0 Å². The van der Waals surface area contributed by atoms with Gasteiger partial charge in [-0.05, 0) is 54.0 Å². The summed E-state index contributed by atoms with van der Waals surface area (Å²) in [6, 6.07) is 16.1. The Balaban J connectivity index is 1.43. The maximum Gasteiger partial charge on any atom is 0.137 e. The van der Waals surface area contributed by atoms with Crippen LogP contribution in [0.3, 0.4) is 0 Å². The van der Waals surface area contributed by atoms with E-state index in [1.165, 1.54) is 16.7 Å². The first-order chi connectivity index (χ1) is 16.4. The number of methoxy groups -OCH3 is 1. The molecule has 1 atom stereocenters. The van der Waals surface area contributed by atoms with Crippen molar-refractivity contribution in [2.24, 2.45) is 5.92 Å². The Labute approximate surface area is 204 Å². The third kappa shape index (κ3) is 7.28. The summed E-state index contributed by atoms with van der Waals surface area (Å²) in [4.78, 5) is 25.1. The van der Waals surface area contributed by atoms with Gasteiger partial charge in [0.1, 0.15) is 17.3 Å². The summed E-state index contributed by atoms with van der Waals surface area (Å²) in [7, 11) is 1.64. The van der Waals surface area contributed by atoms with Crippen molar-refractivity contribution in [3.8, 4) is 5.75 Å². The summed E-state index contributed by atoms with van der Waals surface area (Å²) >= 11 is 0. The maximum atomic E-state index is 12.6. The molecular formula is C31H38O3. The second kappa shape index (κ2) is 12.5. The van der Waals surface area contributed by atoms with Crippen molar-refractivity contribution >= 4 is 11.6 Å². The molecule has 0 spiro atoms. The highest BCUT2D eigenvalue weighted by molar-refractivity contribution is 5.81. The summed E-state index contributed by atoms with van der Waals surface area (Å²) in [5.41, 5.74) is 6.09. The molecule has 0 aromatic heterocycles. The number of benzene rings is 2. The number of allylic oxidation sites excluding steroid dienone is 4. The zero-order valence-electron chi connectivity index (χ0n) is 21.1. The van der Waals surface area contributed by atoms with Gasteiger partial charge in [-0.15, -0.1) is 0 Å². The van der Waals surface area contributed by atoms with Crippen LogP contribution in [-0.2, 0) is 22.4 Å². The highest BCUT2D eigenvalue weighted by Crippen LogP contribution is 2.35. The molecule has 3 heteroatoms. The van der Waals surface area contributed by atoms with Gasteiger partial charge in [-0.2, -0.15) is 0 Å². The minimum atomic E-state index is 0.257. The lowest BCUT2D eigenvalue weighted by atomic mass is 9.87. The van der Waals surface area contributed by atoms with Gasteiger partial charge in [0, 0.05) is 31.6 Å². The Kier molecular flexibility index (Phi) is 9.44. The lowest BCUT2D eigenvalue weighted by molar-refractivity contribution is -0.119. The Morgan fingerprint density at radius 1 is 0.794 bits per heavy atom. The van der Waals surface area contributed by atoms with E-state index in [4.69, 9.17) is 4.74 Å². The molecule has 0 heterocycles. The molecule has 1 aliphatic carbocycles. The molecule has 0 amide bonds. The summed E-state index contributed by atoms with van der Waals surface area (Å²) in [6.07, 6.45) is 9.07.